The van der Waals surface area contributed by atoms with Crippen molar-refractivity contribution in [1.29, 1.82) is 0 Å². The summed E-state index contributed by atoms with van der Waals surface area (Å²) in [5, 5.41) is 2.70. The van der Waals surface area contributed by atoms with Crippen LogP contribution in [-0.2, 0) is 20.7 Å². The molecule has 0 aromatic heterocycles. The number of methoxy groups -OCH3 is 2. The monoisotopic (exact) mass is 384 g/mol. The van der Waals surface area contributed by atoms with Crippen LogP contribution >= 0.6 is 0 Å². The minimum absolute atomic E-state index is 0.0903. The number of carbonyl (C=O) groups is 3. The lowest BCUT2D eigenvalue weighted by atomic mass is 10.1. The number of para-hydroxylation sites is 1. The van der Waals surface area contributed by atoms with Crippen molar-refractivity contribution in [2.75, 3.05) is 32.6 Å². The largest absolute Gasteiger partial charge is 0.496 e. The standard InChI is InChI=1S/C21H24N2O5/c1-15(24)23(12-11-16-7-4-5-10-19(16)27-2)14-20(25)22-18-9-6-8-17(13-18)21(26)28-3/h4-10,13H,11-12,14H2,1-3H3,(H,22,25). The maximum absolute atomic E-state index is 12.4. The van der Waals surface area contributed by atoms with Gasteiger partial charge in [-0.05, 0) is 36.2 Å². The molecule has 148 valence electrons. The van der Waals surface area contributed by atoms with Crippen molar-refractivity contribution < 1.29 is 23.9 Å². The fraction of sp³-hybridized carbons (Fsp3) is 0.286. The third-order valence-electron chi connectivity index (χ3n) is 4.19. The molecule has 0 bridgehead atoms. The van der Waals surface area contributed by atoms with Gasteiger partial charge in [0.05, 0.1) is 26.3 Å². The quantitative estimate of drug-likeness (QED) is 0.707. The van der Waals surface area contributed by atoms with Crippen molar-refractivity contribution in [3.05, 3.63) is 59.7 Å². The van der Waals surface area contributed by atoms with Gasteiger partial charge in [-0.2, -0.15) is 0 Å². The molecule has 0 saturated heterocycles. The molecule has 0 aliphatic rings. The second-order valence-electron chi connectivity index (χ2n) is 6.12. The summed E-state index contributed by atoms with van der Waals surface area (Å²) in [6.45, 7) is 1.71. The third kappa shape index (κ3) is 5.84. The molecule has 0 saturated carbocycles. The Morgan fingerprint density at radius 1 is 1.04 bits per heavy atom. The van der Waals surface area contributed by atoms with E-state index in [1.54, 1.807) is 25.3 Å². The van der Waals surface area contributed by atoms with Crippen molar-refractivity contribution >= 4 is 23.5 Å². The van der Waals surface area contributed by atoms with E-state index in [1.165, 1.54) is 25.0 Å². The van der Waals surface area contributed by atoms with E-state index in [-0.39, 0.29) is 18.4 Å². The van der Waals surface area contributed by atoms with Gasteiger partial charge in [-0.1, -0.05) is 24.3 Å². The van der Waals surface area contributed by atoms with Crippen molar-refractivity contribution in [2.24, 2.45) is 0 Å². The molecular formula is C21H24N2O5. The summed E-state index contributed by atoms with van der Waals surface area (Å²) in [4.78, 5) is 37.4. The molecule has 0 atom stereocenters. The van der Waals surface area contributed by atoms with Gasteiger partial charge in [0, 0.05) is 19.2 Å². The number of anilines is 1. The van der Waals surface area contributed by atoms with Gasteiger partial charge in [0.2, 0.25) is 11.8 Å². The summed E-state index contributed by atoms with van der Waals surface area (Å²) in [5.41, 5.74) is 1.75. The third-order valence-corrected chi connectivity index (χ3v) is 4.19. The van der Waals surface area contributed by atoms with E-state index < -0.39 is 5.97 Å². The highest BCUT2D eigenvalue weighted by Crippen LogP contribution is 2.18. The Kier molecular flexibility index (Phi) is 7.56. The molecule has 7 nitrogen and oxygen atoms in total. The summed E-state index contributed by atoms with van der Waals surface area (Å²) in [6.07, 6.45) is 0.564. The molecule has 28 heavy (non-hydrogen) atoms. The van der Waals surface area contributed by atoms with Crippen molar-refractivity contribution in [2.45, 2.75) is 13.3 Å². The number of nitrogens with one attached hydrogen (secondary N) is 1. The Balaban J connectivity index is 1.99. The van der Waals surface area contributed by atoms with Gasteiger partial charge in [0.1, 0.15) is 5.75 Å². The number of ether oxygens (including phenoxy) is 2. The van der Waals surface area contributed by atoms with Crippen molar-refractivity contribution in [3.63, 3.8) is 0 Å². The van der Waals surface area contributed by atoms with Gasteiger partial charge in [0.15, 0.2) is 0 Å². The minimum atomic E-state index is -0.488. The van der Waals surface area contributed by atoms with Gasteiger partial charge >= 0.3 is 5.97 Å². The summed E-state index contributed by atoms with van der Waals surface area (Å²) in [5.74, 6) is -0.293. The summed E-state index contributed by atoms with van der Waals surface area (Å²) in [6, 6.07) is 14.0. The van der Waals surface area contributed by atoms with Gasteiger partial charge in [-0.3, -0.25) is 9.59 Å². The van der Waals surface area contributed by atoms with Crippen LogP contribution in [0.15, 0.2) is 48.5 Å². The molecule has 0 spiro atoms. The lowest BCUT2D eigenvalue weighted by Gasteiger charge is -2.21. The average Bonchev–Trinajstić information content (AvgIpc) is 2.70. The second kappa shape index (κ2) is 10.1. The summed E-state index contributed by atoms with van der Waals surface area (Å²) in [7, 11) is 2.89. The molecule has 2 rings (SSSR count). The molecule has 2 aromatic rings. The van der Waals surface area contributed by atoms with Crippen molar-refractivity contribution in [3.8, 4) is 5.75 Å². The predicted octanol–water partition coefficient (Wildman–Crippen LogP) is 2.51. The highest BCUT2D eigenvalue weighted by Gasteiger charge is 2.15. The van der Waals surface area contributed by atoms with E-state index in [9.17, 15) is 14.4 Å². The number of amides is 2. The first-order valence-electron chi connectivity index (χ1n) is 8.80. The van der Waals surface area contributed by atoms with E-state index in [0.717, 1.165) is 11.3 Å². The number of hydrogen-bond acceptors (Lipinski definition) is 5. The number of hydrogen-bond donors (Lipinski definition) is 1. The van der Waals surface area contributed by atoms with E-state index >= 15 is 0 Å². The van der Waals surface area contributed by atoms with Crippen LogP contribution in [0.5, 0.6) is 5.75 Å². The fourth-order valence-electron chi connectivity index (χ4n) is 2.73. The Bertz CT molecular complexity index is 850. The van der Waals surface area contributed by atoms with Gasteiger partial charge in [-0.25, -0.2) is 4.79 Å². The van der Waals surface area contributed by atoms with E-state index in [2.05, 4.69) is 10.1 Å². The van der Waals surface area contributed by atoms with E-state index in [1.807, 2.05) is 24.3 Å². The van der Waals surface area contributed by atoms with Gasteiger partial charge in [-0.15, -0.1) is 0 Å². The number of nitrogens with zero attached hydrogens (tertiary/aromatic N) is 1. The summed E-state index contributed by atoms with van der Waals surface area (Å²) >= 11 is 0. The zero-order chi connectivity index (χ0) is 20.5. The Hall–Kier alpha value is -3.35. The average molecular weight is 384 g/mol. The molecule has 0 heterocycles. The topological polar surface area (TPSA) is 84.9 Å². The molecule has 0 unspecified atom stereocenters. The fourth-order valence-corrected chi connectivity index (χ4v) is 2.73. The highest BCUT2D eigenvalue weighted by atomic mass is 16.5. The van der Waals surface area contributed by atoms with Crippen LogP contribution in [-0.4, -0.2) is 50.0 Å². The first kappa shape index (κ1) is 21.0. The predicted molar refractivity (Wildman–Crippen MR) is 105 cm³/mol. The Morgan fingerprint density at radius 2 is 1.79 bits per heavy atom. The highest BCUT2D eigenvalue weighted by molar-refractivity contribution is 5.96. The molecular weight excluding hydrogens is 360 g/mol. The molecule has 0 aliphatic carbocycles. The molecule has 2 amide bonds. The van der Waals surface area contributed by atoms with Crippen LogP contribution < -0.4 is 10.1 Å². The second-order valence-corrected chi connectivity index (χ2v) is 6.12. The van der Waals surface area contributed by atoms with Crippen LogP contribution in [0.3, 0.4) is 0 Å². The molecule has 7 heteroatoms. The number of benzene rings is 2. The molecule has 0 radical (unpaired) electrons. The lowest BCUT2D eigenvalue weighted by molar-refractivity contribution is -0.132. The maximum Gasteiger partial charge on any atom is 0.337 e. The molecule has 2 aromatic carbocycles. The normalized spacial score (nSPS) is 10.1. The smallest absolute Gasteiger partial charge is 0.337 e. The Labute approximate surface area is 164 Å². The lowest BCUT2D eigenvalue weighted by Crippen LogP contribution is -2.38. The first-order valence-corrected chi connectivity index (χ1v) is 8.80. The molecule has 1 N–H and O–H groups in total. The molecule has 0 fully saturated rings. The zero-order valence-corrected chi connectivity index (χ0v) is 16.2. The van der Waals surface area contributed by atoms with Crippen LogP contribution in [0.2, 0.25) is 0 Å². The van der Waals surface area contributed by atoms with Crippen LogP contribution in [0.4, 0.5) is 5.69 Å². The number of carbonyl (C=O) groups excluding carboxylic acids is 3. The maximum atomic E-state index is 12.4. The number of esters is 1. The van der Waals surface area contributed by atoms with Crippen LogP contribution in [0, 0.1) is 0 Å². The number of rotatable bonds is 8. The summed E-state index contributed by atoms with van der Waals surface area (Å²) < 4.78 is 9.99. The van der Waals surface area contributed by atoms with E-state index in [4.69, 9.17) is 4.74 Å². The SMILES string of the molecule is COC(=O)c1cccc(NC(=O)CN(CCc2ccccc2OC)C(C)=O)c1. The first-order chi connectivity index (χ1) is 13.4. The zero-order valence-electron chi connectivity index (χ0n) is 16.2. The van der Waals surface area contributed by atoms with Gasteiger partial charge in [0.25, 0.3) is 0 Å². The molecule has 0 aliphatic heterocycles. The van der Waals surface area contributed by atoms with Gasteiger partial charge < -0.3 is 19.7 Å². The van der Waals surface area contributed by atoms with Crippen LogP contribution in [0.1, 0.15) is 22.8 Å². The van der Waals surface area contributed by atoms with Crippen molar-refractivity contribution in [1.82, 2.24) is 4.90 Å². The van der Waals surface area contributed by atoms with E-state index in [0.29, 0.717) is 24.2 Å². The Morgan fingerprint density at radius 3 is 2.46 bits per heavy atom. The van der Waals surface area contributed by atoms with Crippen LogP contribution in [0.25, 0.3) is 0 Å². The minimum Gasteiger partial charge on any atom is -0.496 e.